The van der Waals surface area contributed by atoms with E-state index >= 15 is 0 Å². The lowest BCUT2D eigenvalue weighted by Crippen LogP contribution is -2.35. The van der Waals surface area contributed by atoms with Crippen LogP contribution >= 0.6 is 0 Å². The summed E-state index contributed by atoms with van der Waals surface area (Å²) in [5.74, 6) is -0.122. The zero-order chi connectivity index (χ0) is 13.7. The van der Waals surface area contributed by atoms with Crippen molar-refractivity contribution in [3.63, 3.8) is 0 Å². The van der Waals surface area contributed by atoms with Gasteiger partial charge in [-0.25, -0.2) is 14.0 Å². The van der Waals surface area contributed by atoms with Crippen molar-refractivity contribution in [3.8, 4) is 12.3 Å². The van der Waals surface area contributed by atoms with Crippen LogP contribution in [0.3, 0.4) is 0 Å². The van der Waals surface area contributed by atoms with Crippen molar-refractivity contribution in [2.45, 2.75) is 13.0 Å². The summed E-state index contributed by atoms with van der Waals surface area (Å²) in [7, 11) is 0. The van der Waals surface area contributed by atoms with E-state index in [2.05, 4.69) is 16.6 Å². The molecular weight excluding hydrogens is 239 g/mol. The number of urea groups is 1. The van der Waals surface area contributed by atoms with Crippen LogP contribution in [-0.2, 0) is 0 Å². The minimum atomic E-state index is -1.46. The van der Waals surface area contributed by atoms with Crippen LogP contribution in [0.15, 0.2) is 18.2 Å². The molecule has 2 amide bonds. The topological polar surface area (TPSA) is 78.4 Å². The molecule has 0 saturated heterocycles. The molecule has 0 heterocycles. The molecule has 0 radical (unpaired) electrons. The number of carboxylic acid groups (broad SMARTS) is 1. The summed E-state index contributed by atoms with van der Waals surface area (Å²) < 4.78 is 13.3. The first-order chi connectivity index (χ1) is 8.45. The van der Waals surface area contributed by atoms with Crippen LogP contribution in [0.2, 0.25) is 0 Å². The molecule has 0 aromatic heterocycles. The molecule has 1 aromatic rings. The number of nitrogens with one attached hydrogen (secondary N) is 2. The number of hydrogen-bond donors (Lipinski definition) is 3. The lowest BCUT2D eigenvalue weighted by atomic mass is 10.1. The first kappa shape index (κ1) is 13.5. The van der Waals surface area contributed by atoms with Gasteiger partial charge in [0.05, 0.1) is 11.7 Å². The van der Waals surface area contributed by atoms with E-state index in [-0.39, 0.29) is 5.69 Å². The summed E-state index contributed by atoms with van der Waals surface area (Å²) in [5.41, 5.74) is -0.731. The fourth-order valence-corrected chi connectivity index (χ4v) is 1.24. The monoisotopic (exact) mass is 250 g/mol. The third-order valence-electron chi connectivity index (χ3n) is 2.07. The number of carbonyl (C=O) groups is 2. The Bertz CT molecular complexity index is 523. The highest BCUT2D eigenvalue weighted by atomic mass is 19.1. The molecule has 0 saturated carbocycles. The molecule has 0 aliphatic rings. The SMILES string of the molecule is C#CC(C)NC(=O)Nc1cccc(F)c1C(=O)O. The van der Waals surface area contributed by atoms with Gasteiger partial charge in [0.15, 0.2) is 0 Å². The Morgan fingerprint density at radius 3 is 2.72 bits per heavy atom. The van der Waals surface area contributed by atoms with Crippen molar-refractivity contribution < 1.29 is 19.1 Å². The second kappa shape index (κ2) is 5.68. The maximum absolute atomic E-state index is 13.3. The predicted octanol–water partition coefficient (Wildman–Crippen LogP) is 1.67. The van der Waals surface area contributed by atoms with Gasteiger partial charge < -0.3 is 15.7 Å². The number of rotatable bonds is 3. The minimum absolute atomic E-state index is 0.135. The second-order valence-corrected chi connectivity index (χ2v) is 3.45. The molecule has 0 aliphatic heterocycles. The fraction of sp³-hybridized carbons (Fsp3) is 0.167. The summed E-state index contributed by atoms with van der Waals surface area (Å²) in [5, 5.41) is 13.4. The van der Waals surface area contributed by atoms with Gasteiger partial charge in [-0.05, 0) is 19.1 Å². The van der Waals surface area contributed by atoms with Crippen LogP contribution in [0.4, 0.5) is 14.9 Å². The number of carbonyl (C=O) groups excluding carboxylic acids is 1. The summed E-state index contributed by atoms with van der Waals surface area (Å²) in [4.78, 5) is 22.3. The molecular formula is C12H11FN2O3. The second-order valence-electron chi connectivity index (χ2n) is 3.45. The molecule has 1 atom stereocenters. The molecule has 1 unspecified atom stereocenters. The number of hydrogen-bond acceptors (Lipinski definition) is 2. The van der Waals surface area contributed by atoms with E-state index in [4.69, 9.17) is 11.5 Å². The smallest absolute Gasteiger partial charge is 0.340 e. The van der Waals surface area contributed by atoms with Crippen LogP contribution in [0.1, 0.15) is 17.3 Å². The maximum atomic E-state index is 13.3. The highest BCUT2D eigenvalue weighted by Crippen LogP contribution is 2.18. The summed E-state index contributed by atoms with van der Waals surface area (Å²) in [6.45, 7) is 1.57. The van der Waals surface area contributed by atoms with E-state index in [0.717, 1.165) is 6.07 Å². The normalized spacial score (nSPS) is 11.2. The Balaban J connectivity index is 2.92. The van der Waals surface area contributed by atoms with Crippen molar-refractivity contribution in [2.75, 3.05) is 5.32 Å². The zero-order valence-corrected chi connectivity index (χ0v) is 9.53. The van der Waals surface area contributed by atoms with Gasteiger partial charge in [-0.15, -0.1) is 6.42 Å². The Morgan fingerprint density at radius 2 is 2.17 bits per heavy atom. The number of anilines is 1. The van der Waals surface area contributed by atoms with Gasteiger partial charge in [-0.1, -0.05) is 12.0 Å². The van der Waals surface area contributed by atoms with Crippen LogP contribution in [0, 0.1) is 18.2 Å². The van der Waals surface area contributed by atoms with E-state index in [1.165, 1.54) is 12.1 Å². The molecule has 6 heteroatoms. The van der Waals surface area contributed by atoms with Crippen LogP contribution in [-0.4, -0.2) is 23.1 Å². The largest absolute Gasteiger partial charge is 0.478 e. The van der Waals surface area contributed by atoms with Gasteiger partial charge in [0, 0.05) is 0 Å². The average molecular weight is 250 g/mol. The molecule has 5 nitrogen and oxygen atoms in total. The van der Waals surface area contributed by atoms with Gasteiger partial charge >= 0.3 is 12.0 Å². The molecule has 0 aliphatic carbocycles. The first-order valence-corrected chi connectivity index (χ1v) is 5.01. The highest BCUT2D eigenvalue weighted by Gasteiger charge is 2.17. The van der Waals surface area contributed by atoms with Crippen molar-refractivity contribution in [2.24, 2.45) is 0 Å². The maximum Gasteiger partial charge on any atom is 0.340 e. The molecule has 0 bridgehead atoms. The van der Waals surface area contributed by atoms with Crippen LogP contribution in [0.5, 0.6) is 0 Å². The lowest BCUT2D eigenvalue weighted by molar-refractivity contribution is 0.0693. The molecule has 0 spiro atoms. The molecule has 1 rings (SSSR count). The molecule has 94 valence electrons. The van der Waals surface area contributed by atoms with Crippen molar-refractivity contribution in [1.82, 2.24) is 5.32 Å². The average Bonchev–Trinajstić information content (AvgIpc) is 2.28. The summed E-state index contributed by atoms with van der Waals surface area (Å²) in [6, 6.07) is 2.35. The Labute approximate surface area is 103 Å². The summed E-state index contributed by atoms with van der Waals surface area (Å²) in [6.07, 6.45) is 5.07. The number of benzene rings is 1. The Hall–Kier alpha value is -2.55. The molecule has 1 aromatic carbocycles. The minimum Gasteiger partial charge on any atom is -0.478 e. The van der Waals surface area contributed by atoms with Gasteiger partial charge in [-0.2, -0.15) is 0 Å². The van der Waals surface area contributed by atoms with Crippen molar-refractivity contribution in [3.05, 3.63) is 29.6 Å². The van der Waals surface area contributed by atoms with Crippen LogP contribution in [0.25, 0.3) is 0 Å². The zero-order valence-electron chi connectivity index (χ0n) is 9.53. The number of halogens is 1. The molecule has 18 heavy (non-hydrogen) atoms. The highest BCUT2D eigenvalue weighted by molar-refractivity contribution is 6.00. The quantitative estimate of drug-likeness (QED) is 0.714. The van der Waals surface area contributed by atoms with Crippen LogP contribution < -0.4 is 10.6 Å². The van der Waals surface area contributed by atoms with E-state index < -0.39 is 29.4 Å². The van der Waals surface area contributed by atoms with Gasteiger partial charge in [0.1, 0.15) is 11.4 Å². The predicted molar refractivity (Wildman–Crippen MR) is 63.8 cm³/mol. The van der Waals surface area contributed by atoms with E-state index in [1.54, 1.807) is 6.92 Å². The standard InChI is InChI=1S/C12H11FN2O3/c1-3-7(2)14-12(18)15-9-6-4-5-8(13)10(9)11(16)17/h1,4-7H,2H3,(H,16,17)(H2,14,15,18). The van der Waals surface area contributed by atoms with Gasteiger partial charge in [0.2, 0.25) is 0 Å². The van der Waals surface area contributed by atoms with Crippen molar-refractivity contribution in [1.29, 1.82) is 0 Å². The van der Waals surface area contributed by atoms with E-state index in [0.29, 0.717) is 0 Å². The van der Waals surface area contributed by atoms with E-state index in [1.807, 2.05) is 0 Å². The third kappa shape index (κ3) is 3.22. The Kier molecular flexibility index (Phi) is 4.27. The van der Waals surface area contributed by atoms with Gasteiger partial charge in [-0.3, -0.25) is 0 Å². The van der Waals surface area contributed by atoms with Gasteiger partial charge in [0.25, 0.3) is 0 Å². The summed E-state index contributed by atoms with van der Waals surface area (Å²) >= 11 is 0. The fourth-order valence-electron chi connectivity index (χ4n) is 1.24. The number of aromatic carboxylic acids is 1. The lowest BCUT2D eigenvalue weighted by Gasteiger charge is -2.11. The first-order valence-electron chi connectivity index (χ1n) is 5.01. The number of terminal acetylenes is 1. The number of carboxylic acids is 1. The van der Waals surface area contributed by atoms with Crippen molar-refractivity contribution >= 4 is 17.7 Å². The Morgan fingerprint density at radius 1 is 1.50 bits per heavy atom. The number of amides is 2. The third-order valence-corrected chi connectivity index (χ3v) is 2.07. The van der Waals surface area contributed by atoms with E-state index in [9.17, 15) is 14.0 Å². The molecule has 3 N–H and O–H groups in total. The molecule has 0 fully saturated rings.